The van der Waals surface area contributed by atoms with Crippen molar-refractivity contribution >= 4 is 5.69 Å². The smallest absolute Gasteiger partial charge is 0.174 e. The molecule has 1 N–H and O–H groups in total. The molecular weight excluding hydrogens is 252 g/mol. The summed E-state index contributed by atoms with van der Waals surface area (Å²) in [6, 6.07) is 10.2. The number of hydrogen-bond acceptors (Lipinski definition) is 4. The van der Waals surface area contributed by atoms with Crippen molar-refractivity contribution in [2.24, 2.45) is 0 Å². The normalized spacial score (nSPS) is 25.8. The van der Waals surface area contributed by atoms with Crippen LogP contribution >= 0.6 is 0 Å². The zero-order valence-corrected chi connectivity index (χ0v) is 12.2. The Labute approximate surface area is 120 Å². The van der Waals surface area contributed by atoms with Gasteiger partial charge in [-0.15, -0.1) is 0 Å². The average Bonchev–Trinajstić information content (AvgIpc) is 2.47. The highest BCUT2D eigenvalue weighted by molar-refractivity contribution is 5.47. The summed E-state index contributed by atoms with van der Waals surface area (Å²) in [4.78, 5) is 0. The third-order valence-corrected chi connectivity index (χ3v) is 3.87. The summed E-state index contributed by atoms with van der Waals surface area (Å²) < 4.78 is 11.1. The Balaban J connectivity index is 1.91. The van der Waals surface area contributed by atoms with E-state index in [1.807, 2.05) is 30.3 Å². The molecule has 1 aliphatic heterocycles. The molecule has 0 aromatic heterocycles. The fourth-order valence-electron chi connectivity index (χ4n) is 2.50. The molecule has 108 valence electrons. The summed E-state index contributed by atoms with van der Waals surface area (Å²) in [6.07, 6.45) is 3.09. The lowest BCUT2D eigenvalue weighted by molar-refractivity contribution is -0.0708. The van der Waals surface area contributed by atoms with Crippen LogP contribution in [0.4, 0.5) is 5.69 Å². The highest BCUT2D eigenvalue weighted by Gasteiger charge is 2.31. The molecule has 4 nitrogen and oxygen atoms in total. The molecule has 2 rings (SSSR count). The largest absolute Gasteiger partial charge is 0.479 e. The molecule has 2 atom stereocenters. The SMILES string of the molecule is CCC1(C)CC(Nc2ccc(OCC#N)cc2)CCO1. The van der Waals surface area contributed by atoms with E-state index < -0.39 is 0 Å². The fourth-order valence-corrected chi connectivity index (χ4v) is 2.50. The molecule has 1 fully saturated rings. The predicted molar refractivity (Wildman–Crippen MR) is 78.8 cm³/mol. The first kappa shape index (κ1) is 14.7. The van der Waals surface area contributed by atoms with Crippen LogP contribution in [0.15, 0.2) is 24.3 Å². The molecule has 0 spiro atoms. The molecule has 1 heterocycles. The van der Waals surface area contributed by atoms with Crippen LogP contribution in [0.5, 0.6) is 5.75 Å². The van der Waals surface area contributed by atoms with Crippen LogP contribution in [0.25, 0.3) is 0 Å². The standard InChI is InChI=1S/C16H22N2O2/c1-3-16(2)12-14(8-10-20-16)18-13-4-6-15(7-5-13)19-11-9-17/h4-7,14,18H,3,8,10-12H2,1-2H3. The van der Waals surface area contributed by atoms with Gasteiger partial charge in [0.2, 0.25) is 0 Å². The molecule has 1 aliphatic rings. The molecular formula is C16H22N2O2. The van der Waals surface area contributed by atoms with Gasteiger partial charge in [0.15, 0.2) is 6.61 Å². The maximum atomic E-state index is 8.47. The Morgan fingerprint density at radius 1 is 1.45 bits per heavy atom. The zero-order chi connectivity index (χ0) is 14.4. The lowest BCUT2D eigenvalue weighted by Crippen LogP contribution is -2.41. The van der Waals surface area contributed by atoms with Gasteiger partial charge in [-0.05, 0) is 50.5 Å². The molecule has 0 amide bonds. The molecule has 0 aliphatic carbocycles. The van der Waals surface area contributed by atoms with Crippen molar-refractivity contribution in [2.45, 2.75) is 44.8 Å². The van der Waals surface area contributed by atoms with E-state index in [-0.39, 0.29) is 12.2 Å². The summed E-state index contributed by atoms with van der Waals surface area (Å²) in [5.74, 6) is 0.725. The zero-order valence-electron chi connectivity index (χ0n) is 12.2. The average molecular weight is 274 g/mol. The summed E-state index contributed by atoms with van der Waals surface area (Å²) in [7, 11) is 0. The second-order valence-electron chi connectivity index (χ2n) is 5.46. The van der Waals surface area contributed by atoms with Crippen molar-refractivity contribution in [3.05, 3.63) is 24.3 Å². The van der Waals surface area contributed by atoms with Gasteiger partial charge in [-0.3, -0.25) is 0 Å². The van der Waals surface area contributed by atoms with E-state index in [9.17, 15) is 0 Å². The van der Waals surface area contributed by atoms with Crippen molar-refractivity contribution in [3.8, 4) is 11.8 Å². The minimum atomic E-state index is -0.00817. The second-order valence-corrected chi connectivity index (χ2v) is 5.46. The van der Waals surface area contributed by atoms with Gasteiger partial charge < -0.3 is 14.8 Å². The van der Waals surface area contributed by atoms with Crippen LogP contribution in [-0.2, 0) is 4.74 Å². The topological polar surface area (TPSA) is 54.3 Å². The quantitative estimate of drug-likeness (QED) is 0.894. The Morgan fingerprint density at radius 3 is 2.85 bits per heavy atom. The van der Waals surface area contributed by atoms with Crippen molar-refractivity contribution in [1.29, 1.82) is 5.26 Å². The van der Waals surface area contributed by atoms with Gasteiger partial charge in [-0.2, -0.15) is 5.26 Å². The third kappa shape index (κ3) is 3.88. The summed E-state index contributed by atoms with van der Waals surface area (Å²) in [5.41, 5.74) is 1.07. The van der Waals surface area contributed by atoms with E-state index in [0.717, 1.165) is 37.3 Å². The number of nitriles is 1. The van der Waals surface area contributed by atoms with Gasteiger partial charge >= 0.3 is 0 Å². The number of benzene rings is 1. The van der Waals surface area contributed by atoms with Crippen LogP contribution in [0.1, 0.15) is 33.1 Å². The minimum Gasteiger partial charge on any atom is -0.479 e. The first-order valence-electron chi connectivity index (χ1n) is 7.15. The van der Waals surface area contributed by atoms with Gasteiger partial charge in [0, 0.05) is 18.3 Å². The van der Waals surface area contributed by atoms with Crippen LogP contribution < -0.4 is 10.1 Å². The van der Waals surface area contributed by atoms with E-state index in [1.165, 1.54) is 0 Å². The van der Waals surface area contributed by atoms with Gasteiger partial charge in [-0.25, -0.2) is 0 Å². The Bertz CT molecular complexity index is 466. The molecule has 0 bridgehead atoms. The van der Waals surface area contributed by atoms with Crippen molar-refractivity contribution in [3.63, 3.8) is 0 Å². The molecule has 1 aromatic rings. The first-order chi connectivity index (χ1) is 9.65. The third-order valence-electron chi connectivity index (χ3n) is 3.87. The van der Waals surface area contributed by atoms with E-state index in [2.05, 4.69) is 19.2 Å². The molecule has 2 unspecified atom stereocenters. The molecule has 0 saturated carbocycles. The number of anilines is 1. The van der Waals surface area contributed by atoms with Gasteiger partial charge in [0.1, 0.15) is 11.8 Å². The number of rotatable bonds is 5. The van der Waals surface area contributed by atoms with Crippen LogP contribution in [0.2, 0.25) is 0 Å². The lowest BCUT2D eigenvalue weighted by Gasteiger charge is -2.38. The predicted octanol–water partition coefficient (Wildman–Crippen LogP) is 3.35. The number of hydrogen-bond donors (Lipinski definition) is 1. The summed E-state index contributed by atoms with van der Waals surface area (Å²) >= 11 is 0. The van der Waals surface area contributed by atoms with E-state index in [4.69, 9.17) is 14.7 Å². The summed E-state index contributed by atoms with van der Waals surface area (Å²) in [5, 5.41) is 12.0. The van der Waals surface area contributed by atoms with Crippen LogP contribution in [0, 0.1) is 11.3 Å². The van der Waals surface area contributed by atoms with Crippen LogP contribution in [0.3, 0.4) is 0 Å². The minimum absolute atomic E-state index is 0.00817. The van der Waals surface area contributed by atoms with Crippen LogP contribution in [-0.4, -0.2) is 24.9 Å². The Hall–Kier alpha value is -1.73. The number of nitrogens with zero attached hydrogens (tertiary/aromatic N) is 1. The first-order valence-corrected chi connectivity index (χ1v) is 7.15. The lowest BCUT2D eigenvalue weighted by atomic mass is 9.90. The van der Waals surface area contributed by atoms with Gasteiger partial charge in [0.25, 0.3) is 0 Å². The maximum Gasteiger partial charge on any atom is 0.174 e. The molecule has 4 heteroatoms. The summed E-state index contributed by atoms with van der Waals surface area (Å²) in [6.45, 7) is 5.25. The maximum absolute atomic E-state index is 8.47. The van der Waals surface area contributed by atoms with E-state index in [1.54, 1.807) is 0 Å². The highest BCUT2D eigenvalue weighted by atomic mass is 16.5. The van der Waals surface area contributed by atoms with E-state index >= 15 is 0 Å². The van der Waals surface area contributed by atoms with Crippen molar-refractivity contribution in [2.75, 3.05) is 18.5 Å². The molecule has 1 saturated heterocycles. The molecule has 20 heavy (non-hydrogen) atoms. The van der Waals surface area contributed by atoms with Gasteiger partial charge in [0.05, 0.1) is 5.60 Å². The Kier molecular flexibility index (Phi) is 4.86. The monoisotopic (exact) mass is 274 g/mol. The fraction of sp³-hybridized carbons (Fsp3) is 0.562. The van der Waals surface area contributed by atoms with Crippen molar-refractivity contribution < 1.29 is 9.47 Å². The molecule has 1 aromatic carbocycles. The number of ether oxygens (including phenoxy) is 2. The second kappa shape index (κ2) is 6.62. The molecule has 0 radical (unpaired) electrons. The van der Waals surface area contributed by atoms with Crippen molar-refractivity contribution in [1.82, 2.24) is 0 Å². The van der Waals surface area contributed by atoms with E-state index in [0.29, 0.717) is 6.04 Å². The Morgan fingerprint density at radius 2 is 2.20 bits per heavy atom. The highest BCUT2D eigenvalue weighted by Crippen LogP contribution is 2.29. The van der Waals surface area contributed by atoms with Gasteiger partial charge in [-0.1, -0.05) is 6.92 Å². The number of nitrogens with one attached hydrogen (secondary N) is 1.